The van der Waals surface area contributed by atoms with Crippen LogP contribution in [-0.4, -0.2) is 22.0 Å². The Morgan fingerprint density at radius 1 is 1.69 bits per heavy atom. The topological polar surface area (TPSA) is 50.2 Å². The molecule has 3 nitrogen and oxygen atoms in total. The molecule has 3 heteroatoms. The lowest BCUT2D eigenvalue weighted by atomic mass is 10.1. The zero-order valence-electron chi connectivity index (χ0n) is 7.60. The summed E-state index contributed by atoms with van der Waals surface area (Å²) in [5.41, 5.74) is 0.886. The number of rotatable bonds is 4. The molecule has 0 bridgehead atoms. The Hall–Kier alpha value is -1.22. The van der Waals surface area contributed by atoms with E-state index in [0.29, 0.717) is 12.8 Å². The van der Waals surface area contributed by atoms with E-state index in [1.807, 2.05) is 6.07 Å². The van der Waals surface area contributed by atoms with Crippen LogP contribution in [0.25, 0.3) is 0 Å². The van der Waals surface area contributed by atoms with E-state index in [1.54, 1.807) is 25.4 Å². The number of aliphatic hydroxyl groups excluding tert-OH is 1. The highest BCUT2D eigenvalue weighted by molar-refractivity contribution is 5.82. The Labute approximate surface area is 77.4 Å². The van der Waals surface area contributed by atoms with Crippen LogP contribution in [0.4, 0.5) is 0 Å². The first-order chi connectivity index (χ1) is 6.24. The summed E-state index contributed by atoms with van der Waals surface area (Å²) in [6.45, 7) is 1.74. The van der Waals surface area contributed by atoms with Gasteiger partial charge in [-0.25, -0.2) is 0 Å². The monoisotopic (exact) mass is 179 g/mol. The van der Waals surface area contributed by atoms with Gasteiger partial charge in [-0.2, -0.15) is 0 Å². The maximum Gasteiger partial charge on any atom is 0.161 e. The quantitative estimate of drug-likeness (QED) is 0.749. The number of nitrogens with zero attached hydrogens (tertiary/aromatic N) is 1. The Kier molecular flexibility index (Phi) is 3.58. The summed E-state index contributed by atoms with van der Waals surface area (Å²) in [6, 6.07) is 3.64. The van der Waals surface area contributed by atoms with Crippen molar-refractivity contribution in [2.45, 2.75) is 25.9 Å². The average Bonchev–Trinajstić information content (AvgIpc) is 2.18. The van der Waals surface area contributed by atoms with Crippen LogP contribution in [0.15, 0.2) is 24.5 Å². The van der Waals surface area contributed by atoms with Crippen molar-refractivity contribution in [3.8, 4) is 0 Å². The molecule has 0 amide bonds. The number of carbonyl (C=O) groups is 1. The fourth-order valence-corrected chi connectivity index (χ4v) is 1.09. The molecule has 0 aliphatic carbocycles. The van der Waals surface area contributed by atoms with Crippen LogP contribution < -0.4 is 0 Å². The van der Waals surface area contributed by atoms with Gasteiger partial charge in [0.2, 0.25) is 0 Å². The standard InChI is InChI=1S/C10H13NO2/c1-2-9(12)10(13)6-8-4-3-5-11-7-8/h3-5,7,10,13H,2,6H2,1H3. The lowest BCUT2D eigenvalue weighted by molar-refractivity contribution is -0.126. The molecule has 1 aromatic heterocycles. The minimum atomic E-state index is -0.880. The molecule has 70 valence electrons. The van der Waals surface area contributed by atoms with Gasteiger partial charge in [0, 0.05) is 25.2 Å². The molecule has 1 atom stereocenters. The highest BCUT2D eigenvalue weighted by Gasteiger charge is 2.12. The van der Waals surface area contributed by atoms with Crippen LogP contribution in [0, 0.1) is 0 Å². The van der Waals surface area contributed by atoms with Crippen molar-refractivity contribution in [3.63, 3.8) is 0 Å². The van der Waals surface area contributed by atoms with E-state index < -0.39 is 6.10 Å². The first-order valence-electron chi connectivity index (χ1n) is 4.33. The van der Waals surface area contributed by atoms with E-state index in [2.05, 4.69) is 4.98 Å². The molecular formula is C10H13NO2. The third-order valence-corrected chi connectivity index (χ3v) is 1.87. The number of hydrogen-bond donors (Lipinski definition) is 1. The number of Topliss-reactive ketones (excluding diaryl/α,β-unsaturated/α-hetero) is 1. The molecule has 0 saturated carbocycles. The van der Waals surface area contributed by atoms with Crippen molar-refractivity contribution in [1.29, 1.82) is 0 Å². The second-order valence-corrected chi connectivity index (χ2v) is 2.90. The summed E-state index contributed by atoms with van der Waals surface area (Å²) in [4.78, 5) is 14.9. The van der Waals surface area contributed by atoms with Gasteiger partial charge < -0.3 is 5.11 Å². The number of aromatic nitrogens is 1. The molecule has 1 heterocycles. The molecule has 0 spiro atoms. The zero-order valence-corrected chi connectivity index (χ0v) is 7.60. The van der Waals surface area contributed by atoms with Gasteiger partial charge in [-0.3, -0.25) is 9.78 Å². The second-order valence-electron chi connectivity index (χ2n) is 2.90. The molecule has 1 rings (SSSR count). The number of pyridine rings is 1. The number of hydrogen-bond acceptors (Lipinski definition) is 3. The smallest absolute Gasteiger partial charge is 0.161 e. The van der Waals surface area contributed by atoms with Gasteiger partial charge >= 0.3 is 0 Å². The van der Waals surface area contributed by atoms with E-state index in [4.69, 9.17) is 0 Å². The first-order valence-corrected chi connectivity index (χ1v) is 4.33. The van der Waals surface area contributed by atoms with E-state index in [9.17, 15) is 9.90 Å². The summed E-state index contributed by atoms with van der Waals surface area (Å²) >= 11 is 0. The molecule has 0 radical (unpaired) electrons. The van der Waals surface area contributed by atoms with Crippen LogP contribution in [0.1, 0.15) is 18.9 Å². The molecule has 1 unspecified atom stereocenters. The predicted octanol–water partition coefficient (Wildman–Crippen LogP) is 0.964. The maximum atomic E-state index is 11.0. The number of ketones is 1. The van der Waals surface area contributed by atoms with Crippen molar-refractivity contribution < 1.29 is 9.90 Å². The number of aliphatic hydroxyl groups is 1. The van der Waals surface area contributed by atoms with Crippen LogP contribution in [-0.2, 0) is 11.2 Å². The van der Waals surface area contributed by atoms with Gasteiger partial charge in [0.15, 0.2) is 5.78 Å². The van der Waals surface area contributed by atoms with Crippen LogP contribution in [0.2, 0.25) is 0 Å². The Balaban J connectivity index is 2.55. The van der Waals surface area contributed by atoms with E-state index in [1.165, 1.54) is 0 Å². The van der Waals surface area contributed by atoms with E-state index in [0.717, 1.165) is 5.56 Å². The van der Waals surface area contributed by atoms with Gasteiger partial charge in [-0.05, 0) is 11.6 Å². The highest BCUT2D eigenvalue weighted by Crippen LogP contribution is 2.03. The molecule has 13 heavy (non-hydrogen) atoms. The van der Waals surface area contributed by atoms with Crippen LogP contribution in [0.3, 0.4) is 0 Å². The molecule has 0 saturated heterocycles. The summed E-state index contributed by atoms with van der Waals surface area (Å²) in [6.07, 6.45) is 3.18. The minimum absolute atomic E-state index is 0.121. The fraction of sp³-hybridized carbons (Fsp3) is 0.400. The summed E-state index contributed by atoms with van der Waals surface area (Å²) in [5.74, 6) is -0.121. The molecule has 1 aromatic rings. The largest absolute Gasteiger partial charge is 0.385 e. The lowest BCUT2D eigenvalue weighted by Crippen LogP contribution is -2.21. The van der Waals surface area contributed by atoms with Crippen molar-refractivity contribution in [3.05, 3.63) is 30.1 Å². The second kappa shape index (κ2) is 4.72. The Morgan fingerprint density at radius 2 is 2.46 bits per heavy atom. The summed E-state index contributed by atoms with van der Waals surface area (Å²) in [5, 5.41) is 9.39. The van der Waals surface area contributed by atoms with Crippen molar-refractivity contribution in [2.75, 3.05) is 0 Å². The molecule has 0 aliphatic heterocycles. The van der Waals surface area contributed by atoms with Crippen LogP contribution >= 0.6 is 0 Å². The summed E-state index contributed by atoms with van der Waals surface area (Å²) in [7, 11) is 0. The maximum absolute atomic E-state index is 11.0. The zero-order chi connectivity index (χ0) is 9.68. The highest BCUT2D eigenvalue weighted by atomic mass is 16.3. The fourth-order valence-electron chi connectivity index (χ4n) is 1.09. The van der Waals surface area contributed by atoms with E-state index >= 15 is 0 Å². The average molecular weight is 179 g/mol. The van der Waals surface area contributed by atoms with Crippen molar-refractivity contribution in [1.82, 2.24) is 4.98 Å². The van der Waals surface area contributed by atoms with Gasteiger partial charge in [-0.1, -0.05) is 13.0 Å². The van der Waals surface area contributed by atoms with Gasteiger partial charge in [-0.15, -0.1) is 0 Å². The van der Waals surface area contributed by atoms with Crippen molar-refractivity contribution >= 4 is 5.78 Å². The van der Waals surface area contributed by atoms with E-state index in [-0.39, 0.29) is 5.78 Å². The Morgan fingerprint density at radius 3 is 3.00 bits per heavy atom. The first kappa shape index (κ1) is 9.86. The third kappa shape index (κ3) is 2.95. The molecule has 0 fully saturated rings. The molecular weight excluding hydrogens is 166 g/mol. The van der Waals surface area contributed by atoms with Crippen LogP contribution in [0.5, 0.6) is 0 Å². The minimum Gasteiger partial charge on any atom is -0.385 e. The van der Waals surface area contributed by atoms with Gasteiger partial charge in [0.05, 0.1) is 0 Å². The molecule has 1 N–H and O–H groups in total. The van der Waals surface area contributed by atoms with Gasteiger partial charge in [0.1, 0.15) is 6.10 Å². The number of carbonyl (C=O) groups excluding carboxylic acids is 1. The Bertz CT molecular complexity index is 272. The third-order valence-electron chi connectivity index (χ3n) is 1.87. The van der Waals surface area contributed by atoms with Crippen molar-refractivity contribution in [2.24, 2.45) is 0 Å². The van der Waals surface area contributed by atoms with Gasteiger partial charge in [0.25, 0.3) is 0 Å². The lowest BCUT2D eigenvalue weighted by Gasteiger charge is -2.06. The predicted molar refractivity (Wildman–Crippen MR) is 49.2 cm³/mol. The summed E-state index contributed by atoms with van der Waals surface area (Å²) < 4.78 is 0. The normalized spacial score (nSPS) is 12.5. The molecule has 0 aliphatic rings. The molecule has 0 aromatic carbocycles. The SMILES string of the molecule is CCC(=O)C(O)Cc1cccnc1.